The minimum Gasteiger partial charge on any atom is -0.423 e. The number of hydrogen-bond acceptors (Lipinski definition) is 4. The monoisotopic (exact) mass is 178 g/mol. The highest BCUT2D eigenvalue weighted by Gasteiger charge is 2.23. The van der Waals surface area contributed by atoms with Crippen molar-refractivity contribution in [3.8, 4) is 5.75 Å². The number of benzene rings is 1. The summed E-state index contributed by atoms with van der Waals surface area (Å²) in [4.78, 5) is 11.1. The van der Waals surface area contributed by atoms with Crippen LogP contribution in [-0.4, -0.2) is 12.0 Å². The summed E-state index contributed by atoms with van der Waals surface area (Å²) in [6, 6.07) is 4.82. The van der Waals surface area contributed by atoms with Crippen molar-refractivity contribution in [2.45, 2.75) is 13.0 Å². The molecule has 13 heavy (non-hydrogen) atoms. The van der Waals surface area contributed by atoms with Crippen molar-refractivity contribution in [1.29, 1.82) is 0 Å². The van der Waals surface area contributed by atoms with Crippen molar-refractivity contribution in [3.63, 3.8) is 0 Å². The van der Waals surface area contributed by atoms with Crippen LogP contribution >= 0.6 is 0 Å². The van der Waals surface area contributed by atoms with E-state index in [9.17, 15) is 4.79 Å². The number of hydrogen-bond donors (Lipinski definition) is 2. The number of nitrogens with two attached hydrogens (primary N) is 1. The Morgan fingerprint density at radius 3 is 3.08 bits per heavy atom. The van der Waals surface area contributed by atoms with Crippen molar-refractivity contribution < 1.29 is 9.53 Å². The molecular weight excluding hydrogens is 168 g/mol. The van der Waals surface area contributed by atoms with E-state index in [4.69, 9.17) is 10.5 Å². The van der Waals surface area contributed by atoms with E-state index >= 15 is 0 Å². The van der Waals surface area contributed by atoms with Gasteiger partial charge < -0.3 is 15.8 Å². The molecule has 68 valence electrons. The standard InChI is InChI=1S/C9H10N2O2/c1-5-9(12)13-8-3-2-6(10)4-7(8)11-5/h2-5,11H,10H2,1H3. The van der Waals surface area contributed by atoms with Gasteiger partial charge in [0.1, 0.15) is 6.04 Å². The smallest absolute Gasteiger partial charge is 0.333 e. The van der Waals surface area contributed by atoms with E-state index in [0.29, 0.717) is 11.4 Å². The van der Waals surface area contributed by atoms with Crippen molar-refractivity contribution in [3.05, 3.63) is 18.2 Å². The first-order valence-corrected chi connectivity index (χ1v) is 4.04. The maximum Gasteiger partial charge on any atom is 0.333 e. The van der Waals surface area contributed by atoms with Gasteiger partial charge in [-0.15, -0.1) is 0 Å². The van der Waals surface area contributed by atoms with Crippen LogP contribution in [-0.2, 0) is 4.79 Å². The average molecular weight is 178 g/mol. The molecule has 0 aromatic heterocycles. The Bertz CT molecular complexity index is 363. The van der Waals surface area contributed by atoms with Gasteiger partial charge in [-0.3, -0.25) is 0 Å². The predicted octanol–water partition coefficient (Wildman–Crippen LogP) is 0.988. The van der Waals surface area contributed by atoms with Crippen LogP contribution in [0.2, 0.25) is 0 Å². The fourth-order valence-electron chi connectivity index (χ4n) is 1.24. The molecule has 0 spiro atoms. The summed E-state index contributed by atoms with van der Waals surface area (Å²) in [6.45, 7) is 1.74. The Morgan fingerprint density at radius 1 is 1.54 bits per heavy atom. The largest absolute Gasteiger partial charge is 0.423 e. The van der Waals surface area contributed by atoms with Crippen LogP contribution in [0.1, 0.15) is 6.92 Å². The number of fused-ring (bicyclic) bond motifs is 1. The lowest BCUT2D eigenvalue weighted by molar-refractivity contribution is -0.135. The quantitative estimate of drug-likeness (QED) is 0.353. The Labute approximate surface area is 75.7 Å². The highest BCUT2D eigenvalue weighted by Crippen LogP contribution is 2.30. The maximum atomic E-state index is 11.1. The summed E-state index contributed by atoms with van der Waals surface area (Å²) < 4.78 is 5.04. The summed E-state index contributed by atoms with van der Waals surface area (Å²) in [5.74, 6) is 0.273. The lowest BCUT2D eigenvalue weighted by atomic mass is 10.2. The number of anilines is 2. The third-order valence-corrected chi connectivity index (χ3v) is 1.94. The number of rotatable bonds is 0. The second kappa shape index (κ2) is 2.65. The minimum atomic E-state index is -0.311. The molecule has 0 bridgehead atoms. The number of ether oxygens (including phenoxy) is 1. The van der Waals surface area contributed by atoms with E-state index in [-0.39, 0.29) is 12.0 Å². The minimum absolute atomic E-state index is 0.266. The number of esters is 1. The van der Waals surface area contributed by atoms with Gasteiger partial charge in [-0.1, -0.05) is 0 Å². The average Bonchev–Trinajstić information content (AvgIpc) is 2.08. The van der Waals surface area contributed by atoms with Gasteiger partial charge in [-0.25, -0.2) is 4.79 Å². The highest BCUT2D eigenvalue weighted by molar-refractivity contribution is 5.87. The van der Waals surface area contributed by atoms with E-state index in [2.05, 4.69) is 5.32 Å². The van der Waals surface area contributed by atoms with Gasteiger partial charge in [-0.2, -0.15) is 0 Å². The molecule has 0 saturated carbocycles. The van der Waals surface area contributed by atoms with Crippen molar-refractivity contribution in [1.82, 2.24) is 0 Å². The summed E-state index contributed by atoms with van der Waals surface area (Å²) in [6.07, 6.45) is 0. The molecule has 0 fully saturated rings. The molecule has 0 aliphatic carbocycles. The third kappa shape index (κ3) is 1.30. The molecule has 1 heterocycles. The van der Waals surface area contributed by atoms with E-state index in [1.54, 1.807) is 25.1 Å². The molecule has 0 radical (unpaired) electrons. The number of carbonyl (C=O) groups excluding carboxylic acids is 1. The van der Waals surface area contributed by atoms with Gasteiger partial charge in [0.15, 0.2) is 5.75 Å². The molecule has 0 saturated heterocycles. The summed E-state index contributed by atoms with van der Waals surface area (Å²) in [5.41, 5.74) is 7.00. The van der Waals surface area contributed by atoms with Crippen molar-refractivity contribution >= 4 is 17.3 Å². The zero-order valence-corrected chi connectivity index (χ0v) is 7.20. The van der Waals surface area contributed by atoms with Gasteiger partial charge >= 0.3 is 5.97 Å². The number of carbonyl (C=O) groups is 1. The van der Waals surface area contributed by atoms with Gasteiger partial charge in [0.05, 0.1) is 5.69 Å². The molecule has 1 aromatic rings. The normalized spacial score (nSPS) is 20.1. The second-order valence-corrected chi connectivity index (χ2v) is 3.04. The van der Waals surface area contributed by atoms with Crippen molar-refractivity contribution in [2.24, 2.45) is 0 Å². The molecule has 1 aromatic carbocycles. The molecule has 3 N–H and O–H groups in total. The van der Waals surface area contributed by atoms with Crippen LogP contribution in [0.15, 0.2) is 18.2 Å². The molecule has 4 heteroatoms. The van der Waals surface area contributed by atoms with Crippen LogP contribution in [0.25, 0.3) is 0 Å². The van der Waals surface area contributed by atoms with Crippen LogP contribution in [0.5, 0.6) is 5.75 Å². The summed E-state index contributed by atoms with van der Waals surface area (Å²) in [5, 5.41) is 3.00. The lowest BCUT2D eigenvalue weighted by Gasteiger charge is -2.22. The first kappa shape index (κ1) is 7.91. The molecule has 1 atom stereocenters. The van der Waals surface area contributed by atoms with Gasteiger partial charge in [0.2, 0.25) is 0 Å². The molecular formula is C9H10N2O2. The van der Waals surface area contributed by atoms with Crippen molar-refractivity contribution in [2.75, 3.05) is 11.1 Å². The summed E-state index contributed by atoms with van der Waals surface area (Å²) in [7, 11) is 0. The second-order valence-electron chi connectivity index (χ2n) is 3.04. The zero-order valence-electron chi connectivity index (χ0n) is 7.20. The first-order valence-electron chi connectivity index (χ1n) is 4.04. The van der Waals surface area contributed by atoms with E-state index in [0.717, 1.165) is 5.69 Å². The molecule has 4 nitrogen and oxygen atoms in total. The summed E-state index contributed by atoms with van der Waals surface area (Å²) >= 11 is 0. The van der Waals surface area contributed by atoms with E-state index in [1.807, 2.05) is 0 Å². The molecule has 0 amide bonds. The molecule has 1 aliphatic rings. The predicted molar refractivity (Wildman–Crippen MR) is 49.6 cm³/mol. The van der Waals surface area contributed by atoms with E-state index < -0.39 is 0 Å². The lowest BCUT2D eigenvalue weighted by Crippen LogP contribution is -2.34. The molecule has 2 rings (SSSR count). The Kier molecular flexibility index (Phi) is 1.62. The SMILES string of the molecule is CC1Nc2cc(N)ccc2OC1=O. The van der Waals surface area contributed by atoms with Gasteiger partial charge in [0.25, 0.3) is 0 Å². The molecule has 1 unspecified atom stereocenters. The van der Waals surface area contributed by atoms with Gasteiger partial charge in [0, 0.05) is 5.69 Å². The topological polar surface area (TPSA) is 64.3 Å². The van der Waals surface area contributed by atoms with Crippen LogP contribution in [0.4, 0.5) is 11.4 Å². The van der Waals surface area contributed by atoms with Crippen LogP contribution in [0, 0.1) is 0 Å². The van der Waals surface area contributed by atoms with E-state index in [1.165, 1.54) is 0 Å². The third-order valence-electron chi connectivity index (χ3n) is 1.94. The van der Waals surface area contributed by atoms with Gasteiger partial charge in [-0.05, 0) is 25.1 Å². The molecule has 1 aliphatic heterocycles. The van der Waals surface area contributed by atoms with Crippen LogP contribution in [0.3, 0.4) is 0 Å². The fraction of sp³-hybridized carbons (Fsp3) is 0.222. The Hall–Kier alpha value is -1.71. The fourth-order valence-corrected chi connectivity index (χ4v) is 1.24. The van der Waals surface area contributed by atoms with Crippen LogP contribution < -0.4 is 15.8 Å². The highest BCUT2D eigenvalue weighted by atomic mass is 16.5. The zero-order chi connectivity index (χ0) is 9.42. The first-order chi connectivity index (χ1) is 6.16. The number of nitrogens with one attached hydrogen (secondary N) is 1. The Morgan fingerprint density at radius 2 is 2.31 bits per heavy atom. The number of nitrogen functional groups attached to an aromatic ring is 1. The Balaban J connectivity index is 2.42. The maximum absolute atomic E-state index is 11.1.